The number of hydrogen-bond acceptors (Lipinski definition) is 3. The van der Waals surface area contributed by atoms with Crippen molar-refractivity contribution in [2.45, 2.75) is 0 Å². The van der Waals surface area contributed by atoms with Gasteiger partial charge in [0, 0.05) is 13.1 Å². The van der Waals surface area contributed by atoms with E-state index in [1.165, 1.54) is 6.34 Å². The quantitative estimate of drug-likeness (QED) is 0.367. The number of nitrogens with one attached hydrogen (secondary N) is 1. The van der Waals surface area contributed by atoms with E-state index >= 15 is 0 Å². The molecule has 0 aromatic heterocycles. The summed E-state index contributed by atoms with van der Waals surface area (Å²) in [5, 5.41) is 9.04. The summed E-state index contributed by atoms with van der Waals surface area (Å²) in [4.78, 5) is 6.12. The SMILES string of the molecule is ONC=Nc1ccc(N2CC=CC2)c(Cl)c1. The summed E-state index contributed by atoms with van der Waals surface area (Å²) < 4.78 is 0. The number of halogens is 1. The Morgan fingerprint density at radius 2 is 2.12 bits per heavy atom. The highest BCUT2D eigenvalue weighted by atomic mass is 35.5. The maximum atomic E-state index is 8.38. The zero-order valence-electron chi connectivity index (χ0n) is 8.60. The summed E-state index contributed by atoms with van der Waals surface area (Å²) in [7, 11) is 0. The van der Waals surface area contributed by atoms with Crippen LogP contribution in [0.5, 0.6) is 0 Å². The van der Waals surface area contributed by atoms with Crippen molar-refractivity contribution in [2.75, 3.05) is 18.0 Å². The van der Waals surface area contributed by atoms with Gasteiger partial charge in [-0.1, -0.05) is 23.8 Å². The lowest BCUT2D eigenvalue weighted by molar-refractivity contribution is 0.240. The van der Waals surface area contributed by atoms with Gasteiger partial charge in [0.25, 0.3) is 0 Å². The molecule has 0 unspecified atom stereocenters. The molecule has 0 aliphatic carbocycles. The van der Waals surface area contributed by atoms with Crippen LogP contribution in [-0.2, 0) is 0 Å². The lowest BCUT2D eigenvalue weighted by atomic mass is 10.2. The van der Waals surface area contributed by atoms with Crippen LogP contribution in [0.15, 0.2) is 35.3 Å². The van der Waals surface area contributed by atoms with Crippen molar-refractivity contribution >= 4 is 29.3 Å². The third-order valence-electron chi connectivity index (χ3n) is 2.36. The fraction of sp³-hybridized carbons (Fsp3) is 0.182. The number of benzene rings is 1. The number of rotatable bonds is 3. The van der Waals surface area contributed by atoms with E-state index in [4.69, 9.17) is 16.8 Å². The molecule has 2 N–H and O–H groups in total. The van der Waals surface area contributed by atoms with Gasteiger partial charge in [-0.15, -0.1) is 0 Å². The first kappa shape index (κ1) is 11.0. The first-order valence-electron chi connectivity index (χ1n) is 4.93. The van der Waals surface area contributed by atoms with Crippen LogP contribution >= 0.6 is 11.6 Å². The lowest BCUT2D eigenvalue weighted by Gasteiger charge is -2.19. The molecule has 1 aromatic rings. The number of aliphatic imine (C=N–C) groups is 1. The monoisotopic (exact) mass is 237 g/mol. The van der Waals surface area contributed by atoms with E-state index in [9.17, 15) is 0 Å². The Morgan fingerprint density at radius 1 is 1.38 bits per heavy atom. The van der Waals surface area contributed by atoms with E-state index < -0.39 is 0 Å². The normalized spacial score (nSPS) is 15.0. The fourth-order valence-electron chi connectivity index (χ4n) is 1.61. The van der Waals surface area contributed by atoms with E-state index in [2.05, 4.69) is 22.0 Å². The van der Waals surface area contributed by atoms with Crippen molar-refractivity contribution in [3.63, 3.8) is 0 Å². The molecule has 0 fully saturated rings. The average molecular weight is 238 g/mol. The highest BCUT2D eigenvalue weighted by Crippen LogP contribution is 2.30. The van der Waals surface area contributed by atoms with Gasteiger partial charge in [-0.05, 0) is 18.2 Å². The van der Waals surface area contributed by atoms with Gasteiger partial charge in [-0.25, -0.2) is 4.99 Å². The summed E-state index contributed by atoms with van der Waals surface area (Å²) in [6.45, 7) is 1.78. The average Bonchev–Trinajstić information content (AvgIpc) is 2.80. The van der Waals surface area contributed by atoms with Crippen molar-refractivity contribution in [1.82, 2.24) is 5.48 Å². The van der Waals surface area contributed by atoms with E-state index in [1.54, 1.807) is 6.07 Å². The highest BCUT2D eigenvalue weighted by molar-refractivity contribution is 6.33. The predicted octanol–water partition coefficient (Wildman–Crippen LogP) is 2.35. The molecule has 1 heterocycles. The highest BCUT2D eigenvalue weighted by Gasteiger charge is 2.11. The largest absolute Gasteiger partial charge is 0.363 e. The van der Waals surface area contributed by atoms with Gasteiger partial charge >= 0.3 is 0 Å². The smallest absolute Gasteiger partial charge is 0.113 e. The Morgan fingerprint density at radius 3 is 2.75 bits per heavy atom. The number of anilines is 1. The van der Waals surface area contributed by atoms with Crippen molar-refractivity contribution in [1.29, 1.82) is 0 Å². The molecule has 84 valence electrons. The first-order valence-corrected chi connectivity index (χ1v) is 5.30. The minimum absolute atomic E-state index is 0.663. The van der Waals surface area contributed by atoms with Crippen LogP contribution in [0.3, 0.4) is 0 Å². The fourth-order valence-corrected chi connectivity index (χ4v) is 1.91. The molecule has 0 saturated carbocycles. The van der Waals surface area contributed by atoms with Crippen LogP contribution in [0, 0.1) is 0 Å². The first-order chi connectivity index (χ1) is 7.81. The van der Waals surface area contributed by atoms with Gasteiger partial charge in [0.1, 0.15) is 6.34 Å². The molecule has 0 amide bonds. The second-order valence-electron chi connectivity index (χ2n) is 3.40. The minimum Gasteiger partial charge on any atom is -0.363 e. The lowest BCUT2D eigenvalue weighted by Crippen LogP contribution is -2.18. The van der Waals surface area contributed by atoms with Crippen LogP contribution in [0.2, 0.25) is 5.02 Å². The zero-order chi connectivity index (χ0) is 11.4. The molecule has 1 aliphatic heterocycles. The topological polar surface area (TPSA) is 47.9 Å². The Balaban J connectivity index is 2.19. The molecular formula is C11H12ClN3O. The molecule has 0 radical (unpaired) electrons. The number of hydrogen-bond donors (Lipinski definition) is 2. The van der Waals surface area contributed by atoms with Crippen LogP contribution in [0.25, 0.3) is 0 Å². The zero-order valence-corrected chi connectivity index (χ0v) is 9.35. The molecule has 5 heteroatoms. The standard InChI is InChI=1S/C11H12ClN3O/c12-10-7-9(13-8-14-16)3-4-11(10)15-5-1-2-6-15/h1-4,7-8,16H,5-6H2,(H,13,14). The van der Waals surface area contributed by atoms with Crippen LogP contribution in [-0.4, -0.2) is 24.6 Å². The minimum atomic E-state index is 0.663. The van der Waals surface area contributed by atoms with Gasteiger partial charge in [0.15, 0.2) is 0 Å². The molecule has 1 aromatic carbocycles. The molecule has 4 nitrogen and oxygen atoms in total. The molecule has 16 heavy (non-hydrogen) atoms. The maximum absolute atomic E-state index is 8.38. The molecule has 0 spiro atoms. The van der Waals surface area contributed by atoms with Gasteiger partial charge < -0.3 is 4.90 Å². The Labute approximate surface area is 98.8 Å². The Hall–Kier alpha value is -1.52. The van der Waals surface area contributed by atoms with Crippen LogP contribution < -0.4 is 10.4 Å². The third-order valence-corrected chi connectivity index (χ3v) is 2.66. The molecule has 2 rings (SSSR count). The van der Waals surface area contributed by atoms with Gasteiger partial charge in [0.05, 0.1) is 16.4 Å². The summed E-state index contributed by atoms with van der Waals surface area (Å²) >= 11 is 6.16. The van der Waals surface area contributed by atoms with Gasteiger partial charge in [-0.2, -0.15) is 0 Å². The number of nitrogens with zero attached hydrogens (tertiary/aromatic N) is 2. The van der Waals surface area contributed by atoms with Crippen LogP contribution in [0.1, 0.15) is 0 Å². The second-order valence-corrected chi connectivity index (χ2v) is 3.81. The van der Waals surface area contributed by atoms with Crippen molar-refractivity contribution in [3.05, 3.63) is 35.4 Å². The van der Waals surface area contributed by atoms with E-state index in [0.29, 0.717) is 10.7 Å². The summed E-state index contributed by atoms with van der Waals surface area (Å²) in [5.41, 5.74) is 3.55. The second kappa shape index (κ2) is 5.01. The molecule has 0 atom stereocenters. The Bertz CT molecular complexity index is 423. The third kappa shape index (κ3) is 2.35. The summed E-state index contributed by atoms with van der Waals surface area (Å²) in [5.74, 6) is 0. The van der Waals surface area contributed by atoms with Crippen molar-refractivity contribution in [3.8, 4) is 0 Å². The number of hydroxylamine groups is 1. The molecule has 0 saturated heterocycles. The molecular weight excluding hydrogens is 226 g/mol. The van der Waals surface area contributed by atoms with Gasteiger partial charge in [-0.3, -0.25) is 10.7 Å². The summed E-state index contributed by atoms with van der Waals surface area (Å²) in [6.07, 6.45) is 5.42. The van der Waals surface area contributed by atoms with Crippen molar-refractivity contribution in [2.24, 2.45) is 4.99 Å². The van der Waals surface area contributed by atoms with Gasteiger partial charge in [0.2, 0.25) is 0 Å². The van der Waals surface area contributed by atoms with E-state index in [1.807, 2.05) is 17.6 Å². The maximum Gasteiger partial charge on any atom is 0.113 e. The van der Waals surface area contributed by atoms with E-state index in [0.717, 1.165) is 18.8 Å². The van der Waals surface area contributed by atoms with E-state index in [-0.39, 0.29) is 0 Å². The molecule has 1 aliphatic rings. The summed E-state index contributed by atoms with van der Waals surface area (Å²) in [6, 6.07) is 5.55. The molecule has 0 bridgehead atoms. The Kier molecular flexibility index (Phi) is 3.44. The van der Waals surface area contributed by atoms with Crippen LogP contribution in [0.4, 0.5) is 11.4 Å². The van der Waals surface area contributed by atoms with Crippen molar-refractivity contribution < 1.29 is 5.21 Å². The predicted molar refractivity (Wildman–Crippen MR) is 65.9 cm³/mol.